The number of furan rings is 1. The molecule has 21 heavy (non-hydrogen) atoms. The zero-order chi connectivity index (χ0) is 15.4. The Morgan fingerprint density at radius 3 is 2.52 bits per heavy atom. The molecule has 0 bridgehead atoms. The molecule has 1 amide bonds. The van der Waals surface area contributed by atoms with Gasteiger partial charge in [-0.2, -0.15) is 0 Å². The summed E-state index contributed by atoms with van der Waals surface area (Å²) >= 11 is 0. The standard InChI is InChI=1S/C17H22N2O2/c1-11-8-9-17(21-11)13(3)18-12(2)15-6-5-7-16(10-15)19-14(4)20/h5-10,12-13,18H,1-4H3,(H,19,20). The van der Waals surface area contributed by atoms with Crippen molar-refractivity contribution in [2.75, 3.05) is 5.32 Å². The van der Waals surface area contributed by atoms with Crippen molar-refractivity contribution in [1.29, 1.82) is 0 Å². The van der Waals surface area contributed by atoms with Crippen molar-refractivity contribution in [2.24, 2.45) is 0 Å². The van der Waals surface area contributed by atoms with Gasteiger partial charge in [-0.1, -0.05) is 12.1 Å². The first-order valence-corrected chi connectivity index (χ1v) is 7.15. The second-order valence-electron chi connectivity index (χ2n) is 5.37. The minimum Gasteiger partial charge on any atom is -0.465 e. The van der Waals surface area contributed by atoms with E-state index in [4.69, 9.17) is 4.42 Å². The maximum Gasteiger partial charge on any atom is 0.221 e. The lowest BCUT2D eigenvalue weighted by molar-refractivity contribution is -0.114. The summed E-state index contributed by atoms with van der Waals surface area (Å²) in [6.45, 7) is 7.62. The monoisotopic (exact) mass is 286 g/mol. The van der Waals surface area contributed by atoms with E-state index in [1.54, 1.807) is 0 Å². The minimum atomic E-state index is -0.0628. The number of carbonyl (C=O) groups excluding carboxylic acids is 1. The Morgan fingerprint density at radius 2 is 1.90 bits per heavy atom. The molecule has 0 radical (unpaired) electrons. The van der Waals surface area contributed by atoms with E-state index in [1.165, 1.54) is 6.92 Å². The van der Waals surface area contributed by atoms with Crippen LogP contribution in [0.1, 0.15) is 49.9 Å². The molecule has 2 aromatic rings. The van der Waals surface area contributed by atoms with Gasteiger partial charge in [-0.05, 0) is 50.6 Å². The first-order chi connectivity index (χ1) is 9.95. The molecule has 1 aromatic carbocycles. The number of benzene rings is 1. The molecule has 0 saturated heterocycles. The van der Waals surface area contributed by atoms with E-state index < -0.39 is 0 Å². The van der Waals surface area contributed by atoms with Crippen molar-refractivity contribution in [3.05, 3.63) is 53.5 Å². The predicted molar refractivity (Wildman–Crippen MR) is 84.2 cm³/mol. The lowest BCUT2D eigenvalue weighted by Crippen LogP contribution is -2.22. The van der Waals surface area contributed by atoms with Crippen LogP contribution in [-0.2, 0) is 4.79 Å². The Hall–Kier alpha value is -2.07. The van der Waals surface area contributed by atoms with Crippen molar-refractivity contribution in [1.82, 2.24) is 5.32 Å². The van der Waals surface area contributed by atoms with Crippen LogP contribution in [0.15, 0.2) is 40.8 Å². The number of nitrogens with one attached hydrogen (secondary N) is 2. The lowest BCUT2D eigenvalue weighted by Gasteiger charge is -2.19. The fourth-order valence-corrected chi connectivity index (χ4v) is 2.33. The summed E-state index contributed by atoms with van der Waals surface area (Å²) in [6, 6.07) is 12.1. The molecule has 0 saturated carbocycles. The van der Waals surface area contributed by atoms with Gasteiger partial charge in [0.15, 0.2) is 0 Å². The van der Waals surface area contributed by atoms with Crippen LogP contribution in [0.4, 0.5) is 5.69 Å². The van der Waals surface area contributed by atoms with Crippen LogP contribution in [0.5, 0.6) is 0 Å². The second kappa shape index (κ2) is 6.59. The molecule has 0 aliphatic heterocycles. The number of hydrogen-bond donors (Lipinski definition) is 2. The van der Waals surface area contributed by atoms with Crippen molar-refractivity contribution in [3.8, 4) is 0 Å². The molecule has 1 heterocycles. The number of amides is 1. The van der Waals surface area contributed by atoms with E-state index >= 15 is 0 Å². The molecule has 0 aliphatic rings. The van der Waals surface area contributed by atoms with Crippen LogP contribution >= 0.6 is 0 Å². The summed E-state index contributed by atoms with van der Waals surface area (Å²) in [7, 11) is 0. The molecule has 4 nitrogen and oxygen atoms in total. The van der Waals surface area contributed by atoms with Crippen LogP contribution < -0.4 is 10.6 Å². The van der Waals surface area contributed by atoms with Crippen LogP contribution in [0.3, 0.4) is 0 Å². The number of aryl methyl sites for hydroxylation is 1. The van der Waals surface area contributed by atoms with E-state index in [0.717, 1.165) is 22.8 Å². The molecule has 2 N–H and O–H groups in total. The summed E-state index contributed by atoms with van der Waals surface area (Å²) in [4.78, 5) is 11.1. The number of rotatable bonds is 5. The van der Waals surface area contributed by atoms with Gasteiger partial charge in [-0.15, -0.1) is 0 Å². The molecule has 0 aliphatic carbocycles. The second-order valence-corrected chi connectivity index (χ2v) is 5.37. The Labute approximate surface area is 125 Å². The van der Waals surface area contributed by atoms with Crippen LogP contribution in [0.2, 0.25) is 0 Å². The Bertz CT molecular complexity index is 619. The van der Waals surface area contributed by atoms with Gasteiger partial charge in [0.2, 0.25) is 5.91 Å². The van der Waals surface area contributed by atoms with Crippen molar-refractivity contribution >= 4 is 11.6 Å². The molecule has 0 spiro atoms. The zero-order valence-electron chi connectivity index (χ0n) is 12.9. The Kier molecular flexibility index (Phi) is 4.81. The van der Waals surface area contributed by atoms with E-state index in [2.05, 4.69) is 24.5 Å². The summed E-state index contributed by atoms with van der Waals surface area (Å²) in [5, 5.41) is 6.30. The highest BCUT2D eigenvalue weighted by Gasteiger charge is 2.14. The van der Waals surface area contributed by atoms with Gasteiger partial charge in [0.25, 0.3) is 0 Å². The fourth-order valence-electron chi connectivity index (χ4n) is 2.33. The van der Waals surface area contributed by atoms with Crippen molar-refractivity contribution in [2.45, 2.75) is 39.8 Å². The summed E-state index contributed by atoms with van der Waals surface area (Å²) in [5.41, 5.74) is 1.94. The van der Waals surface area contributed by atoms with E-state index in [0.29, 0.717) is 0 Å². The largest absolute Gasteiger partial charge is 0.465 e. The van der Waals surface area contributed by atoms with Gasteiger partial charge in [0.1, 0.15) is 11.5 Å². The summed E-state index contributed by atoms with van der Waals surface area (Å²) in [6.07, 6.45) is 0. The molecular weight excluding hydrogens is 264 g/mol. The molecule has 0 fully saturated rings. The Morgan fingerprint density at radius 1 is 1.14 bits per heavy atom. The first kappa shape index (κ1) is 15.3. The fraction of sp³-hybridized carbons (Fsp3) is 0.353. The highest BCUT2D eigenvalue weighted by atomic mass is 16.3. The molecule has 1 aromatic heterocycles. The SMILES string of the molecule is CC(=O)Nc1cccc(C(C)NC(C)c2ccc(C)o2)c1. The van der Waals surface area contributed by atoms with Gasteiger partial charge < -0.3 is 15.1 Å². The number of hydrogen-bond acceptors (Lipinski definition) is 3. The van der Waals surface area contributed by atoms with Crippen LogP contribution in [-0.4, -0.2) is 5.91 Å². The number of anilines is 1. The highest BCUT2D eigenvalue weighted by Crippen LogP contribution is 2.22. The molecule has 2 unspecified atom stereocenters. The average Bonchev–Trinajstić information content (AvgIpc) is 2.85. The van der Waals surface area contributed by atoms with Crippen molar-refractivity contribution in [3.63, 3.8) is 0 Å². The van der Waals surface area contributed by atoms with Gasteiger partial charge in [0, 0.05) is 18.7 Å². The summed E-state index contributed by atoms with van der Waals surface area (Å²) < 4.78 is 5.64. The average molecular weight is 286 g/mol. The minimum absolute atomic E-state index is 0.0628. The van der Waals surface area contributed by atoms with E-state index in [-0.39, 0.29) is 18.0 Å². The first-order valence-electron chi connectivity index (χ1n) is 7.15. The predicted octanol–water partition coefficient (Wildman–Crippen LogP) is 3.96. The molecule has 2 atom stereocenters. The molecule has 112 valence electrons. The maximum absolute atomic E-state index is 11.1. The smallest absolute Gasteiger partial charge is 0.221 e. The quantitative estimate of drug-likeness (QED) is 0.874. The normalized spacial score (nSPS) is 13.7. The summed E-state index contributed by atoms with van der Waals surface area (Å²) in [5.74, 6) is 1.78. The van der Waals surface area contributed by atoms with Crippen LogP contribution in [0, 0.1) is 6.92 Å². The Balaban J connectivity index is 2.05. The van der Waals surface area contributed by atoms with E-state index in [1.807, 2.05) is 43.3 Å². The molecule has 2 rings (SSSR count). The van der Waals surface area contributed by atoms with Gasteiger partial charge >= 0.3 is 0 Å². The zero-order valence-corrected chi connectivity index (χ0v) is 12.9. The third kappa shape index (κ3) is 4.20. The van der Waals surface area contributed by atoms with Gasteiger partial charge in [-0.3, -0.25) is 4.79 Å². The van der Waals surface area contributed by atoms with Crippen LogP contribution in [0.25, 0.3) is 0 Å². The third-order valence-electron chi connectivity index (χ3n) is 3.39. The van der Waals surface area contributed by atoms with Crippen molar-refractivity contribution < 1.29 is 9.21 Å². The topological polar surface area (TPSA) is 54.3 Å². The lowest BCUT2D eigenvalue weighted by atomic mass is 10.1. The number of carbonyl (C=O) groups is 1. The van der Waals surface area contributed by atoms with Gasteiger partial charge in [0.05, 0.1) is 6.04 Å². The maximum atomic E-state index is 11.1. The van der Waals surface area contributed by atoms with E-state index in [9.17, 15) is 4.79 Å². The highest BCUT2D eigenvalue weighted by molar-refractivity contribution is 5.88. The molecule has 4 heteroatoms. The third-order valence-corrected chi connectivity index (χ3v) is 3.39. The molecular formula is C17H22N2O2. The van der Waals surface area contributed by atoms with Gasteiger partial charge in [-0.25, -0.2) is 0 Å².